The minimum absolute atomic E-state index is 0.177. The number of hydrogen-bond donors (Lipinski definition) is 0. The van der Waals surface area contributed by atoms with Crippen LogP contribution in [0.1, 0.15) is 32.6 Å². The van der Waals surface area contributed by atoms with Crippen molar-refractivity contribution in [2.45, 2.75) is 18.3 Å². The van der Waals surface area contributed by atoms with E-state index in [-0.39, 0.29) is 11.8 Å². The van der Waals surface area contributed by atoms with E-state index in [4.69, 9.17) is 0 Å². The van der Waals surface area contributed by atoms with Gasteiger partial charge in [-0.25, -0.2) is 4.39 Å². The van der Waals surface area contributed by atoms with Crippen molar-refractivity contribution in [3.63, 3.8) is 0 Å². The standard InChI is InChI=1S/C26H20FN3O2S/c1-17-5-10-23-22(13-17)26(25(32)29(23)16-19-4-2-3-18(14-19)15-28)30(11-12-33-26)24(31)20-6-8-21(27)9-7-20/h2-10,13-14H,11-12,16H2,1H3/t26-/m1/s1. The molecule has 2 heterocycles. The van der Waals surface area contributed by atoms with Crippen LogP contribution in [0.5, 0.6) is 0 Å². The topological polar surface area (TPSA) is 64.4 Å². The van der Waals surface area contributed by atoms with Crippen molar-refractivity contribution in [1.29, 1.82) is 5.26 Å². The Bertz CT molecular complexity index is 1320. The minimum Gasteiger partial charge on any atom is -0.311 e. The molecule has 33 heavy (non-hydrogen) atoms. The molecule has 0 radical (unpaired) electrons. The van der Waals surface area contributed by atoms with Crippen molar-refractivity contribution in [1.82, 2.24) is 4.90 Å². The normalized spacial score (nSPS) is 19.1. The number of carbonyl (C=O) groups excluding carboxylic acids is 2. The summed E-state index contributed by atoms with van der Waals surface area (Å²) >= 11 is 1.46. The third-order valence-corrected chi connectivity index (χ3v) is 7.50. The number of fused-ring (bicyclic) bond motifs is 2. The maximum Gasteiger partial charge on any atom is 0.268 e. The molecular weight excluding hydrogens is 437 g/mol. The van der Waals surface area contributed by atoms with E-state index in [0.29, 0.717) is 30.0 Å². The molecule has 3 aromatic carbocycles. The summed E-state index contributed by atoms with van der Waals surface area (Å²) in [5.74, 6) is -0.276. The van der Waals surface area contributed by atoms with E-state index in [1.807, 2.05) is 31.2 Å². The molecule has 7 heteroatoms. The Kier molecular flexibility index (Phi) is 5.18. The Morgan fingerprint density at radius 1 is 1.15 bits per heavy atom. The van der Waals surface area contributed by atoms with Gasteiger partial charge in [-0.3, -0.25) is 9.59 Å². The van der Waals surface area contributed by atoms with E-state index in [1.54, 1.807) is 28.0 Å². The monoisotopic (exact) mass is 457 g/mol. The average molecular weight is 458 g/mol. The molecule has 0 saturated carbocycles. The lowest BCUT2D eigenvalue weighted by molar-refractivity contribution is -0.123. The SMILES string of the molecule is Cc1ccc2c(c1)[C@@]1(SCCN1C(=O)c1ccc(F)cc1)C(=O)N2Cc1cccc(C#N)c1. The largest absolute Gasteiger partial charge is 0.311 e. The zero-order valence-electron chi connectivity index (χ0n) is 17.9. The Labute approximate surface area is 195 Å². The average Bonchev–Trinajstić information content (AvgIpc) is 3.36. The van der Waals surface area contributed by atoms with Crippen molar-refractivity contribution in [3.05, 3.63) is 100 Å². The zero-order chi connectivity index (χ0) is 23.2. The summed E-state index contributed by atoms with van der Waals surface area (Å²) in [5.41, 5.74) is 4.27. The number of amides is 2. The molecule has 0 bridgehead atoms. The number of thioether (sulfide) groups is 1. The smallest absolute Gasteiger partial charge is 0.268 e. The van der Waals surface area contributed by atoms with Crippen molar-refractivity contribution in [3.8, 4) is 6.07 Å². The number of nitrogens with zero attached hydrogens (tertiary/aromatic N) is 3. The summed E-state index contributed by atoms with van der Waals surface area (Å²) < 4.78 is 13.4. The minimum atomic E-state index is -1.17. The van der Waals surface area contributed by atoms with Crippen LogP contribution >= 0.6 is 11.8 Å². The van der Waals surface area contributed by atoms with E-state index >= 15 is 0 Å². The highest BCUT2D eigenvalue weighted by Crippen LogP contribution is 2.55. The van der Waals surface area contributed by atoms with Gasteiger partial charge in [-0.1, -0.05) is 29.8 Å². The van der Waals surface area contributed by atoms with Crippen molar-refractivity contribution in [2.24, 2.45) is 0 Å². The van der Waals surface area contributed by atoms with Crippen LogP contribution in [-0.4, -0.2) is 29.0 Å². The molecule has 2 aliphatic rings. The fraction of sp³-hybridized carbons (Fsp3) is 0.192. The third kappa shape index (κ3) is 3.38. The van der Waals surface area contributed by atoms with Gasteiger partial charge in [-0.05, 0) is 55.0 Å². The predicted molar refractivity (Wildman–Crippen MR) is 125 cm³/mol. The highest BCUT2D eigenvalue weighted by atomic mass is 32.2. The summed E-state index contributed by atoms with van der Waals surface area (Å²) in [7, 11) is 0. The summed E-state index contributed by atoms with van der Waals surface area (Å²) in [6, 6.07) is 20.6. The Balaban J connectivity index is 1.59. The summed E-state index contributed by atoms with van der Waals surface area (Å²) in [5, 5.41) is 9.25. The molecule has 2 amide bonds. The first-order valence-corrected chi connectivity index (χ1v) is 11.6. The highest BCUT2D eigenvalue weighted by molar-refractivity contribution is 8.01. The second kappa shape index (κ2) is 8.05. The molecule has 0 aliphatic carbocycles. The van der Waals surface area contributed by atoms with Crippen LogP contribution in [0.15, 0.2) is 66.7 Å². The van der Waals surface area contributed by atoms with E-state index < -0.39 is 10.7 Å². The molecule has 5 nitrogen and oxygen atoms in total. The molecule has 1 saturated heterocycles. The van der Waals surface area contributed by atoms with Crippen LogP contribution in [0.3, 0.4) is 0 Å². The van der Waals surface area contributed by atoms with Gasteiger partial charge in [0.2, 0.25) is 0 Å². The van der Waals surface area contributed by atoms with Gasteiger partial charge in [0.1, 0.15) is 5.82 Å². The Morgan fingerprint density at radius 2 is 1.94 bits per heavy atom. The number of anilines is 1. The van der Waals surface area contributed by atoms with Crippen LogP contribution in [0, 0.1) is 24.1 Å². The number of hydrogen-bond acceptors (Lipinski definition) is 4. The van der Waals surface area contributed by atoms with Gasteiger partial charge >= 0.3 is 0 Å². The van der Waals surface area contributed by atoms with Crippen LogP contribution in [0.25, 0.3) is 0 Å². The number of aryl methyl sites for hydroxylation is 1. The maximum atomic E-state index is 14.0. The van der Waals surface area contributed by atoms with Crippen LogP contribution < -0.4 is 4.90 Å². The molecule has 164 valence electrons. The second-order valence-electron chi connectivity index (χ2n) is 8.18. The van der Waals surface area contributed by atoms with Crippen molar-refractivity contribution < 1.29 is 14.0 Å². The molecule has 1 atom stereocenters. The van der Waals surface area contributed by atoms with Gasteiger partial charge < -0.3 is 9.80 Å². The molecule has 1 fully saturated rings. The van der Waals surface area contributed by atoms with Crippen molar-refractivity contribution in [2.75, 3.05) is 17.2 Å². The number of nitriles is 1. The van der Waals surface area contributed by atoms with Gasteiger partial charge in [-0.15, -0.1) is 11.8 Å². The molecule has 0 N–H and O–H groups in total. The summed E-state index contributed by atoms with van der Waals surface area (Å²) in [6.45, 7) is 2.67. The molecule has 2 aliphatic heterocycles. The first kappa shape index (κ1) is 21.2. The third-order valence-electron chi connectivity index (χ3n) is 6.08. The molecule has 0 aromatic heterocycles. The van der Waals surface area contributed by atoms with E-state index in [2.05, 4.69) is 6.07 Å². The van der Waals surface area contributed by atoms with Gasteiger partial charge in [0.25, 0.3) is 11.8 Å². The van der Waals surface area contributed by atoms with Gasteiger partial charge in [0, 0.05) is 23.4 Å². The molecule has 3 aromatic rings. The van der Waals surface area contributed by atoms with Gasteiger partial charge in [0.15, 0.2) is 4.87 Å². The van der Waals surface area contributed by atoms with Crippen LogP contribution in [-0.2, 0) is 16.2 Å². The highest BCUT2D eigenvalue weighted by Gasteiger charge is 2.59. The lowest BCUT2D eigenvalue weighted by atomic mass is 10.0. The lowest BCUT2D eigenvalue weighted by Crippen LogP contribution is -2.50. The zero-order valence-corrected chi connectivity index (χ0v) is 18.7. The van der Waals surface area contributed by atoms with E-state index in [9.17, 15) is 19.2 Å². The second-order valence-corrected chi connectivity index (χ2v) is 9.47. The first-order chi connectivity index (χ1) is 15.9. The number of rotatable bonds is 3. The van der Waals surface area contributed by atoms with Crippen LogP contribution in [0.2, 0.25) is 0 Å². The van der Waals surface area contributed by atoms with E-state index in [1.165, 1.54) is 36.0 Å². The fourth-order valence-corrected chi connectivity index (χ4v) is 6.01. The van der Waals surface area contributed by atoms with Gasteiger partial charge in [0.05, 0.1) is 23.9 Å². The summed E-state index contributed by atoms with van der Waals surface area (Å²) in [6.07, 6.45) is 0. The number of carbonyl (C=O) groups is 2. The number of halogens is 1. The Hall–Kier alpha value is -3.63. The van der Waals surface area contributed by atoms with Crippen LogP contribution in [0.4, 0.5) is 10.1 Å². The molecule has 5 rings (SSSR count). The lowest BCUT2D eigenvalue weighted by Gasteiger charge is -2.33. The summed E-state index contributed by atoms with van der Waals surface area (Å²) in [4.78, 5) is 29.7. The van der Waals surface area contributed by atoms with E-state index in [0.717, 1.165) is 22.4 Å². The molecule has 0 unspecified atom stereocenters. The first-order valence-electron chi connectivity index (χ1n) is 10.6. The predicted octanol–water partition coefficient (Wildman–Crippen LogP) is 4.59. The maximum absolute atomic E-state index is 14.0. The number of benzene rings is 3. The quantitative estimate of drug-likeness (QED) is 0.577. The van der Waals surface area contributed by atoms with Crippen molar-refractivity contribution >= 4 is 29.3 Å². The molecular formula is C26H20FN3O2S. The Morgan fingerprint density at radius 3 is 2.70 bits per heavy atom. The fourth-order valence-electron chi connectivity index (χ4n) is 4.56. The molecule has 1 spiro atoms. The van der Waals surface area contributed by atoms with Gasteiger partial charge in [-0.2, -0.15) is 5.26 Å².